The molecular formula is C25H18O. The van der Waals surface area contributed by atoms with E-state index in [0.717, 1.165) is 11.2 Å². The van der Waals surface area contributed by atoms with E-state index in [1.165, 1.54) is 43.8 Å². The van der Waals surface area contributed by atoms with Gasteiger partial charge in [0.15, 0.2) is 0 Å². The largest absolute Gasteiger partial charge is 0.456 e. The highest BCUT2D eigenvalue weighted by Crippen LogP contribution is 2.50. The van der Waals surface area contributed by atoms with Gasteiger partial charge < -0.3 is 4.42 Å². The standard InChI is InChI=1S/C25H18O/c1-25(2)20-9-5-3-7-16(20)19-14-18-15(13-21(19)25)11-12-23-24(18)17-8-4-6-10-22(17)26-23/h3-14H,1-2H3. The lowest BCUT2D eigenvalue weighted by Crippen LogP contribution is -2.14. The van der Waals surface area contributed by atoms with E-state index in [2.05, 4.69) is 74.5 Å². The molecule has 1 nitrogen and oxygen atoms in total. The summed E-state index contributed by atoms with van der Waals surface area (Å²) in [4.78, 5) is 0. The monoisotopic (exact) mass is 334 g/mol. The lowest BCUT2D eigenvalue weighted by Gasteiger charge is -2.21. The van der Waals surface area contributed by atoms with Crippen LogP contribution in [0.15, 0.2) is 77.2 Å². The second kappa shape index (κ2) is 4.56. The van der Waals surface area contributed by atoms with Gasteiger partial charge in [-0.1, -0.05) is 62.4 Å². The van der Waals surface area contributed by atoms with Crippen molar-refractivity contribution in [3.8, 4) is 11.1 Å². The van der Waals surface area contributed by atoms with Crippen LogP contribution in [0.3, 0.4) is 0 Å². The number of benzene rings is 4. The first-order valence-electron chi connectivity index (χ1n) is 9.13. The Kier molecular flexibility index (Phi) is 2.48. The molecule has 0 radical (unpaired) electrons. The summed E-state index contributed by atoms with van der Waals surface area (Å²) in [6, 6.07) is 26.2. The maximum Gasteiger partial charge on any atom is 0.136 e. The molecule has 0 atom stereocenters. The van der Waals surface area contributed by atoms with Crippen LogP contribution in [-0.4, -0.2) is 0 Å². The molecule has 0 fully saturated rings. The summed E-state index contributed by atoms with van der Waals surface area (Å²) in [5.41, 5.74) is 7.50. The second-order valence-corrected chi connectivity index (χ2v) is 7.83. The Labute approximate surface area is 151 Å². The maximum absolute atomic E-state index is 6.09. The molecule has 0 unspecified atom stereocenters. The van der Waals surface area contributed by atoms with Gasteiger partial charge in [-0.3, -0.25) is 0 Å². The molecule has 0 bridgehead atoms. The first-order valence-corrected chi connectivity index (χ1v) is 9.13. The van der Waals surface area contributed by atoms with Gasteiger partial charge in [0, 0.05) is 16.2 Å². The van der Waals surface area contributed by atoms with Gasteiger partial charge in [-0.25, -0.2) is 0 Å². The predicted molar refractivity (Wildman–Crippen MR) is 109 cm³/mol. The van der Waals surface area contributed by atoms with E-state index in [1.807, 2.05) is 12.1 Å². The van der Waals surface area contributed by atoms with Crippen molar-refractivity contribution < 1.29 is 4.42 Å². The summed E-state index contributed by atoms with van der Waals surface area (Å²) in [6.07, 6.45) is 0. The third-order valence-corrected chi connectivity index (χ3v) is 6.06. The molecule has 0 N–H and O–H groups in total. The Hall–Kier alpha value is -3.06. The van der Waals surface area contributed by atoms with E-state index in [1.54, 1.807) is 0 Å². The average Bonchev–Trinajstić information content (AvgIpc) is 3.15. The van der Waals surface area contributed by atoms with Gasteiger partial charge in [-0.15, -0.1) is 0 Å². The highest BCUT2D eigenvalue weighted by molar-refractivity contribution is 6.19. The van der Waals surface area contributed by atoms with E-state index in [4.69, 9.17) is 4.42 Å². The second-order valence-electron chi connectivity index (χ2n) is 7.83. The highest BCUT2D eigenvalue weighted by atomic mass is 16.3. The van der Waals surface area contributed by atoms with Crippen molar-refractivity contribution >= 4 is 32.7 Å². The Bertz CT molecular complexity index is 1350. The summed E-state index contributed by atoms with van der Waals surface area (Å²) in [7, 11) is 0. The van der Waals surface area contributed by atoms with Crippen molar-refractivity contribution in [1.29, 1.82) is 0 Å². The molecule has 6 rings (SSSR count). The predicted octanol–water partition coefficient (Wildman–Crippen LogP) is 7.05. The van der Waals surface area contributed by atoms with E-state index in [0.29, 0.717) is 0 Å². The lowest BCUT2D eigenvalue weighted by molar-refractivity contribution is 0.661. The van der Waals surface area contributed by atoms with Crippen LogP contribution in [-0.2, 0) is 5.41 Å². The molecular weight excluding hydrogens is 316 g/mol. The van der Waals surface area contributed by atoms with Gasteiger partial charge in [-0.2, -0.15) is 0 Å². The summed E-state index contributed by atoms with van der Waals surface area (Å²) in [5.74, 6) is 0. The van der Waals surface area contributed by atoms with Crippen molar-refractivity contribution in [2.24, 2.45) is 0 Å². The molecule has 1 heterocycles. The van der Waals surface area contributed by atoms with Gasteiger partial charge in [0.25, 0.3) is 0 Å². The van der Waals surface area contributed by atoms with Gasteiger partial charge in [-0.05, 0) is 57.3 Å². The molecule has 26 heavy (non-hydrogen) atoms. The highest BCUT2D eigenvalue weighted by Gasteiger charge is 2.35. The molecule has 5 aromatic rings. The third-order valence-electron chi connectivity index (χ3n) is 6.06. The maximum atomic E-state index is 6.09. The number of fused-ring (bicyclic) bond motifs is 8. The molecule has 1 aliphatic carbocycles. The zero-order valence-electron chi connectivity index (χ0n) is 14.8. The Morgan fingerprint density at radius 2 is 1.46 bits per heavy atom. The molecule has 0 saturated carbocycles. The zero-order valence-corrected chi connectivity index (χ0v) is 14.8. The normalized spacial score (nSPS) is 14.8. The van der Waals surface area contributed by atoms with Gasteiger partial charge >= 0.3 is 0 Å². The Balaban J connectivity index is 1.81. The minimum atomic E-state index is 0.0353. The summed E-state index contributed by atoms with van der Waals surface area (Å²) >= 11 is 0. The summed E-state index contributed by atoms with van der Waals surface area (Å²) in [6.45, 7) is 4.66. The molecule has 0 saturated heterocycles. The van der Waals surface area contributed by atoms with Gasteiger partial charge in [0.1, 0.15) is 11.2 Å². The molecule has 124 valence electrons. The van der Waals surface area contributed by atoms with Crippen molar-refractivity contribution in [2.45, 2.75) is 19.3 Å². The zero-order chi connectivity index (χ0) is 17.5. The fraction of sp³-hybridized carbons (Fsp3) is 0.120. The molecule has 1 aromatic heterocycles. The van der Waals surface area contributed by atoms with E-state index >= 15 is 0 Å². The van der Waals surface area contributed by atoms with Crippen LogP contribution in [0.4, 0.5) is 0 Å². The molecule has 0 amide bonds. The third kappa shape index (κ3) is 1.61. The first-order chi connectivity index (χ1) is 12.6. The number of para-hydroxylation sites is 1. The minimum absolute atomic E-state index is 0.0353. The summed E-state index contributed by atoms with van der Waals surface area (Å²) < 4.78 is 6.09. The first kappa shape index (κ1) is 14.1. The SMILES string of the molecule is CC1(C)c2ccccc2-c2cc3c(ccc4oc5ccccc5c43)cc21. The lowest BCUT2D eigenvalue weighted by atomic mass is 9.82. The van der Waals surface area contributed by atoms with Gasteiger partial charge in [0.2, 0.25) is 0 Å². The van der Waals surface area contributed by atoms with Crippen LogP contribution in [0.2, 0.25) is 0 Å². The Morgan fingerprint density at radius 1 is 0.654 bits per heavy atom. The number of hydrogen-bond donors (Lipinski definition) is 0. The van der Waals surface area contributed by atoms with E-state index in [-0.39, 0.29) is 5.41 Å². The molecule has 1 aliphatic rings. The van der Waals surface area contributed by atoms with Gasteiger partial charge in [0.05, 0.1) is 0 Å². The van der Waals surface area contributed by atoms with Crippen molar-refractivity contribution in [1.82, 2.24) is 0 Å². The fourth-order valence-corrected chi connectivity index (χ4v) is 4.74. The number of hydrogen-bond acceptors (Lipinski definition) is 1. The Morgan fingerprint density at radius 3 is 2.38 bits per heavy atom. The summed E-state index contributed by atoms with van der Waals surface area (Å²) in [5, 5.41) is 4.98. The van der Waals surface area contributed by atoms with Crippen LogP contribution in [0, 0.1) is 0 Å². The molecule has 1 heteroatoms. The van der Waals surface area contributed by atoms with Crippen molar-refractivity contribution in [3.63, 3.8) is 0 Å². The van der Waals surface area contributed by atoms with Crippen molar-refractivity contribution in [2.75, 3.05) is 0 Å². The van der Waals surface area contributed by atoms with Crippen molar-refractivity contribution in [3.05, 3.63) is 83.9 Å². The molecule has 4 aromatic carbocycles. The molecule has 0 spiro atoms. The van der Waals surface area contributed by atoms with Crippen LogP contribution < -0.4 is 0 Å². The molecule has 0 aliphatic heterocycles. The minimum Gasteiger partial charge on any atom is -0.456 e. The topological polar surface area (TPSA) is 13.1 Å². The smallest absolute Gasteiger partial charge is 0.136 e. The van der Waals surface area contributed by atoms with Crippen LogP contribution in [0.25, 0.3) is 43.8 Å². The number of furan rings is 1. The van der Waals surface area contributed by atoms with E-state index in [9.17, 15) is 0 Å². The van der Waals surface area contributed by atoms with Crippen LogP contribution >= 0.6 is 0 Å². The quantitative estimate of drug-likeness (QED) is 0.296. The number of rotatable bonds is 0. The van der Waals surface area contributed by atoms with Crippen LogP contribution in [0.1, 0.15) is 25.0 Å². The van der Waals surface area contributed by atoms with Crippen LogP contribution in [0.5, 0.6) is 0 Å². The van der Waals surface area contributed by atoms with E-state index < -0.39 is 0 Å². The fourth-order valence-electron chi connectivity index (χ4n) is 4.74. The average molecular weight is 334 g/mol.